The van der Waals surface area contributed by atoms with Crippen LogP contribution < -0.4 is 0 Å². The first kappa shape index (κ1) is 14.5. The fourth-order valence-corrected chi connectivity index (χ4v) is 3.01. The molecule has 1 aromatic heterocycles. The molecule has 2 fully saturated rings. The average molecular weight is 293 g/mol. The lowest BCUT2D eigenvalue weighted by molar-refractivity contribution is -0.142. The molecular formula is C15H23N3O3. The molecule has 1 amide bonds. The monoisotopic (exact) mass is 293 g/mol. The molecular weight excluding hydrogens is 270 g/mol. The highest BCUT2D eigenvalue weighted by Crippen LogP contribution is 2.27. The average Bonchev–Trinajstić information content (AvgIpc) is 3.18. The van der Waals surface area contributed by atoms with E-state index in [1.165, 1.54) is 0 Å². The van der Waals surface area contributed by atoms with Crippen LogP contribution in [-0.4, -0.2) is 46.7 Å². The Morgan fingerprint density at radius 1 is 1.33 bits per heavy atom. The van der Waals surface area contributed by atoms with Crippen LogP contribution in [0.2, 0.25) is 0 Å². The molecule has 0 unspecified atom stereocenters. The van der Waals surface area contributed by atoms with E-state index in [1.807, 2.05) is 18.7 Å². The quantitative estimate of drug-likeness (QED) is 0.853. The third-order valence-electron chi connectivity index (χ3n) is 4.25. The topological polar surface area (TPSA) is 68.5 Å². The minimum absolute atomic E-state index is 0.129. The number of amides is 1. The number of ether oxygens (including phenoxy) is 1. The van der Waals surface area contributed by atoms with Crippen molar-refractivity contribution in [3.63, 3.8) is 0 Å². The van der Waals surface area contributed by atoms with Gasteiger partial charge in [-0.2, -0.15) is 4.98 Å². The summed E-state index contributed by atoms with van der Waals surface area (Å²) in [5.41, 5.74) is 0. The molecule has 0 aromatic carbocycles. The van der Waals surface area contributed by atoms with E-state index >= 15 is 0 Å². The molecule has 0 radical (unpaired) electrons. The first-order valence-corrected chi connectivity index (χ1v) is 7.89. The Kier molecular flexibility index (Phi) is 4.24. The lowest BCUT2D eigenvalue weighted by Crippen LogP contribution is -2.44. The van der Waals surface area contributed by atoms with Crippen LogP contribution in [0.4, 0.5) is 0 Å². The number of hydrogen-bond acceptors (Lipinski definition) is 5. The molecule has 6 nitrogen and oxygen atoms in total. The number of piperidine rings is 1. The van der Waals surface area contributed by atoms with Crippen LogP contribution in [-0.2, 0) is 9.53 Å². The molecule has 2 aliphatic rings. The molecule has 2 aliphatic heterocycles. The zero-order valence-corrected chi connectivity index (χ0v) is 12.7. The Morgan fingerprint density at radius 3 is 2.86 bits per heavy atom. The summed E-state index contributed by atoms with van der Waals surface area (Å²) in [6.45, 7) is 6.26. The number of carbonyl (C=O) groups excluding carboxylic acids is 1. The van der Waals surface area contributed by atoms with Crippen molar-refractivity contribution in [3.8, 4) is 0 Å². The summed E-state index contributed by atoms with van der Waals surface area (Å²) >= 11 is 0. The Morgan fingerprint density at radius 2 is 2.19 bits per heavy atom. The number of likely N-dealkylation sites (tertiary alicyclic amines) is 1. The van der Waals surface area contributed by atoms with Crippen molar-refractivity contribution in [2.75, 3.05) is 19.7 Å². The van der Waals surface area contributed by atoms with Crippen molar-refractivity contribution >= 4 is 5.91 Å². The summed E-state index contributed by atoms with van der Waals surface area (Å²) in [4.78, 5) is 18.8. The van der Waals surface area contributed by atoms with Gasteiger partial charge >= 0.3 is 0 Å². The number of hydrogen-bond donors (Lipinski definition) is 0. The minimum atomic E-state index is -0.236. The minimum Gasteiger partial charge on any atom is -0.368 e. The highest BCUT2D eigenvalue weighted by atomic mass is 16.5. The molecule has 0 saturated carbocycles. The van der Waals surface area contributed by atoms with Crippen LogP contribution in [0.5, 0.6) is 0 Å². The first-order valence-electron chi connectivity index (χ1n) is 7.89. The molecule has 116 valence electrons. The highest BCUT2D eigenvalue weighted by molar-refractivity contribution is 5.81. The van der Waals surface area contributed by atoms with Crippen LogP contribution in [0.1, 0.15) is 63.1 Å². The van der Waals surface area contributed by atoms with E-state index in [4.69, 9.17) is 9.26 Å². The van der Waals surface area contributed by atoms with Crippen LogP contribution in [0.15, 0.2) is 4.52 Å². The van der Waals surface area contributed by atoms with E-state index in [9.17, 15) is 4.79 Å². The van der Waals surface area contributed by atoms with Gasteiger partial charge in [0.05, 0.1) is 0 Å². The molecule has 2 atom stereocenters. The summed E-state index contributed by atoms with van der Waals surface area (Å²) in [6.07, 6.45) is 3.58. The molecule has 0 N–H and O–H groups in total. The van der Waals surface area contributed by atoms with E-state index < -0.39 is 0 Å². The number of aromatic nitrogens is 2. The van der Waals surface area contributed by atoms with Gasteiger partial charge in [0, 0.05) is 31.5 Å². The number of rotatable bonds is 3. The second-order valence-corrected chi connectivity index (χ2v) is 6.27. The lowest BCUT2D eigenvalue weighted by atomic mass is 9.96. The second kappa shape index (κ2) is 6.13. The maximum Gasteiger partial charge on any atom is 0.251 e. The zero-order valence-electron chi connectivity index (χ0n) is 12.7. The van der Waals surface area contributed by atoms with Crippen molar-refractivity contribution in [1.82, 2.24) is 15.0 Å². The largest absolute Gasteiger partial charge is 0.368 e. The van der Waals surface area contributed by atoms with Gasteiger partial charge in [-0.05, 0) is 25.7 Å². The Bertz CT molecular complexity index is 494. The smallest absolute Gasteiger partial charge is 0.251 e. The number of nitrogens with zero attached hydrogens (tertiary/aromatic N) is 3. The highest BCUT2D eigenvalue weighted by Gasteiger charge is 2.33. The normalized spacial score (nSPS) is 26.5. The predicted octanol–water partition coefficient (Wildman–Crippen LogP) is 2.08. The molecule has 3 heterocycles. The van der Waals surface area contributed by atoms with Gasteiger partial charge in [-0.1, -0.05) is 19.0 Å². The summed E-state index contributed by atoms with van der Waals surface area (Å²) in [5.74, 6) is 1.96. The van der Waals surface area contributed by atoms with Crippen LogP contribution in [0, 0.1) is 0 Å². The molecule has 1 aromatic rings. The van der Waals surface area contributed by atoms with Crippen LogP contribution >= 0.6 is 0 Å². The van der Waals surface area contributed by atoms with Crippen molar-refractivity contribution in [2.24, 2.45) is 0 Å². The summed E-state index contributed by atoms with van der Waals surface area (Å²) < 4.78 is 10.8. The Balaban J connectivity index is 1.65. The first-order chi connectivity index (χ1) is 10.1. The Labute approximate surface area is 124 Å². The zero-order chi connectivity index (χ0) is 14.8. The van der Waals surface area contributed by atoms with Crippen molar-refractivity contribution in [2.45, 2.75) is 57.5 Å². The second-order valence-electron chi connectivity index (χ2n) is 6.27. The molecule has 0 bridgehead atoms. The Hall–Kier alpha value is -1.43. The van der Waals surface area contributed by atoms with Crippen LogP contribution in [0.3, 0.4) is 0 Å². The van der Waals surface area contributed by atoms with E-state index in [0.29, 0.717) is 19.0 Å². The van der Waals surface area contributed by atoms with Gasteiger partial charge in [0.15, 0.2) is 5.82 Å². The maximum atomic E-state index is 12.4. The summed E-state index contributed by atoms with van der Waals surface area (Å²) in [5, 5.41) is 4.10. The van der Waals surface area contributed by atoms with Crippen molar-refractivity contribution < 1.29 is 14.1 Å². The number of carbonyl (C=O) groups is 1. The third kappa shape index (κ3) is 3.10. The molecule has 3 rings (SSSR count). The summed E-state index contributed by atoms with van der Waals surface area (Å²) in [7, 11) is 0. The SMILES string of the molecule is CC(C)c1nc([C@H]2CCCN(C(=O)[C@H]3CCCO3)C2)no1. The van der Waals surface area contributed by atoms with Gasteiger partial charge in [-0.25, -0.2) is 0 Å². The van der Waals surface area contributed by atoms with Gasteiger partial charge < -0.3 is 14.2 Å². The molecule has 2 saturated heterocycles. The van der Waals surface area contributed by atoms with Gasteiger partial charge in [0.1, 0.15) is 6.10 Å². The van der Waals surface area contributed by atoms with E-state index in [2.05, 4.69) is 10.1 Å². The van der Waals surface area contributed by atoms with E-state index in [1.54, 1.807) is 0 Å². The maximum absolute atomic E-state index is 12.4. The lowest BCUT2D eigenvalue weighted by Gasteiger charge is -2.32. The molecule has 6 heteroatoms. The van der Waals surface area contributed by atoms with Gasteiger partial charge in [-0.3, -0.25) is 4.79 Å². The van der Waals surface area contributed by atoms with Crippen LogP contribution in [0.25, 0.3) is 0 Å². The van der Waals surface area contributed by atoms with Gasteiger partial charge in [0.25, 0.3) is 5.91 Å². The third-order valence-corrected chi connectivity index (χ3v) is 4.25. The van der Waals surface area contributed by atoms with Gasteiger partial charge in [-0.15, -0.1) is 0 Å². The van der Waals surface area contributed by atoms with Gasteiger partial charge in [0.2, 0.25) is 5.89 Å². The van der Waals surface area contributed by atoms with Crippen molar-refractivity contribution in [1.29, 1.82) is 0 Å². The molecule has 21 heavy (non-hydrogen) atoms. The predicted molar refractivity (Wildman–Crippen MR) is 75.9 cm³/mol. The summed E-state index contributed by atoms with van der Waals surface area (Å²) in [6, 6.07) is 0. The van der Waals surface area contributed by atoms with E-state index in [-0.39, 0.29) is 23.8 Å². The fraction of sp³-hybridized carbons (Fsp3) is 0.800. The van der Waals surface area contributed by atoms with Crippen molar-refractivity contribution in [3.05, 3.63) is 11.7 Å². The standard InChI is InChI=1S/C15H23N3O3/c1-10(2)14-16-13(17-21-14)11-5-3-7-18(9-11)15(19)12-6-4-8-20-12/h10-12H,3-9H2,1-2H3/t11-,12+/m0/s1. The fourth-order valence-electron chi connectivity index (χ4n) is 3.01. The molecule has 0 spiro atoms. The van der Waals surface area contributed by atoms with E-state index in [0.717, 1.165) is 38.1 Å². The molecule has 0 aliphatic carbocycles.